The number of fused-ring (bicyclic) bond motifs is 1. The van der Waals surface area contributed by atoms with Crippen molar-refractivity contribution < 1.29 is 27.7 Å². The maximum Gasteiger partial charge on any atom is 0.433 e. The molecule has 2 amide bonds. The summed E-state index contributed by atoms with van der Waals surface area (Å²) in [5, 5.41) is 18.9. The number of H-pyrrole nitrogens is 1. The number of nitrogens with one attached hydrogen (secondary N) is 2. The average molecular weight is 490 g/mol. The van der Waals surface area contributed by atoms with E-state index in [0.717, 1.165) is 17.7 Å². The zero-order valence-electron chi connectivity index (χ0n) is 17.1. The Morgan fingerprint density at radius 3 is 2.44 bits per heavy atom. The standard InChI is InChI=1S/C20H13F3N6O4S/c1-8-2-4-9(5-3-8)10-6-12(20(21,22)23)25-19-14(10)15(16(34-19)17(24)30)26-18(31)11-7-13(28-27-11)29(32)33/h2-7H,1H3,(H2,24,30)(H,26,31)(H,27,28). The fourth-order valence-corrected chi connectivity index (χ4v) is 4.20. The summed E-state index contributed by atoms with van der Waals surface area (Å²) in [7, 11) is 0. The van der Waals surface area contributed by atoms with Gasteiger partial charge in [-0.2, -0.15) is 13.2 Å². The number of halogens is 3. The normalized spacial score (nSPS) is 11.5. The molecular formula is C20H13F3N6O4S. The largest absolute Gasteiger partial charge is 0.433 e. The zero-order valence-corrected chi connectivity index (χ0v) is 17.9. The lowest BCUT2D eigenvalue weighted by Crippen LogP contribution is -2.17. The Kier molecular flexibility index (Phi) is 5.53. The van der Waals surface area contributed by atoms with E-state index in [4.69, 9.17) is 5.73 Å². The second-order valence-corrected chi connectivity index (χ2v) is 8.12. The Morgan fingerprint density at radius 1 is 1.21 bits per heavy atom. The minimum absolute atomic E-state index is 0.0596. The van der Waals surface area contributed by atoms with Gasteiger partial charge in [0.05, 0.1) is 11.8 Å². The Balaban J connectivity index is 1.95. The van der Waals surface area contributed by atoms with E-state index < -0.39 is 34.4 Å². The highest BCUT2D eigenvalue weighted by Crippen LogP contribution is 2.43. The molecule has 0 spiro atoms. The van der Waals surface area contributed by atoms with E-state index in [1.54, 1.807) is 31.2 Å². The monoisotopic (exact) mass is 490 g/mol. The molecule has 14 heteroatoms. The third kappa shape index (κ3) is 4.17. The third-order valence-electron chi connectivity index (χ3n) is 4.77. The lowest BCUT2D eigenvalue weighted by atomic mass is 10.00. The van der Waals surface area contributed by atoms with Gasteiger partial charge in [0.15, 0.2) is 5.69 Å². The first-order valence-corrected chi connectivity index (χ1v) is 10.2. The Labute approximate surface area is 191 Å². The fraction of sp³-hybridized carbons (Fsp3) is 0.100. The molecule has 34 heavy (non-hydrogen) atoms. The number of primary amides is 1. The number of rotatable bonds is 5. The fourth-order valence-electron chi connectivity index (χ4n) is 3.20. The van der Waals surface area contributed by atoms with Crippen molar-refractivity contribution in [2.75, 3.05) is 5.32 Å². The van der Waals surface area contributed by atoms with Crippen molar-refractivity contribution in [1.29, 1.82) is 0 Å². The SMILES string of the molecule is Cc1ccc(-c2cc(C(F)(F)F)nc3sc(C(N)=O)c(NC(=O)c4cc([N+](=O)[O-])[nH]n4)c23)cc1. The Morgan fingerprint density at radius 2 is 1.88 bits per heavy atom. The molecule has 0 saturated heterocycles. The van der Waals surface area contributed by atoms with Gasteiger partial charge in [-0.05, 0) is 29.0 Å². The van der Waals surface area contributed by atoms with Gasteiger partial charge in [-0.1, -0.05) is 34.9 Å². The van der Waals surface area contributed by atoms with Crippen LogP contribution in [-0.2, 0) is 6.18 Å². The summed E-state index contributed by atoms with van der Waals surface area (Å²) in [4.78, 5) is 38.1. The maximum absolute atomic E-state index is 13.6. The van der Waals surface area contributed by atoms with Gasteiger partial charge in [-0.15, -0.1) is 16.4 Å². The van der Waals surface area contributed by atoms with Crippen LogP contribution in [0.5, 0.6) is 0 Å². The van der Waals surface area contributed by atoms with Gasteiger partial charge in [0.1, 0.15) is 15.4 Å². The van der Waals surface area contributed by atoms with Gasteiger partial charge >= 0.3 is 12.0 Å². The van der Waals surface area contributed by atoms with Crippen molar-refractivity contribution >= 4 is 44.9 Å². The van der Waals surface area contributed by atoms with Gasteiger partial charge < -0.3 is 21.2 Å². The number of carbonyl (C=O) groups is 2. The van der Waals surface area contributed by atoms with Gasteiger partial charge in [0.25, 0.3) is 11.8 Å². The minimum Gasteiger partial charge on any atom is -0.365 e. The molecule has 0 bridgehead atoms. The van der Waals surface area contributed by atoms with Crippen LogP contribution in [0.1, 0.15) is 31.4 Å². The molecule has 0 aliphatic rings. The summed E-state index contributed by atoms with van der Waals surface area (Å²) in [6.45, 7) is 1.80. The van der Waals surface area contributed by atoms with Crippen LogP contribution < -0.4 is 11.1 Å². The van der Waals surface area contributed by atoms with E-state index >= 15 is 0 Å². The number of alkyl halides is 3. The number of anilines is 1. The smallest absolute Gasteiger partial charge is 0.365 e. The first-order chi connectivity index (χ1) is 16.0. The van der Waals surface area contributed by atoms with E-state index in [2.05, 4.69) is 20.5 Å². The van der Waals surface area contributed by atoms with Gasteiger partial charge in [-0.25, -0.2) is 4.98 Å². The molecule has 3 aromatic heterocycles. The lowest BCUT2D eigenvalue weighted by Gasteiger charge is -2.12. The van der Waals surface area contributed by atoms with Gasteiger partial charge in [-0.3, -0.25) is 9.59 Å². The number of nitro groups is 1. The maximum atomic E-state index is 13.6. The van der Waals surface area contributed by atoms with E-state index in [1.807, 2.05) is 0 Å². The van der Waals surface area contributed by atoms with Crippen molar-refractivity contribution in [2.24, 2.45) is 5.73 Å². The third-order valence-corrected chi connectivity index (χ3v) is 5.87. The van der Waals surface area contributed by atoms with Crippen molar-refractivity contribution in [3.63, 3.8) is 0 Å². The number of nitrogens with two attached hydrogens (primary N) is 1. The Hall–Kier alpha value is -4.33. The molecule has 1 aromatic carbocycles. The summed E-state index contributed by atoms with van der Waals surface area (Å²) in [6.07, 6.45) is -4.78. The number of nitrogens with zero attached hydrogens (tertiary/aromatic N) is 3. The number of thiophene rings is 1. The molecule has 3 heterocycles. The predicted molar refractivity (Wildman–Crippen MR) is 117 cm³/mol. The molecule has 4 rings (SSSR count). The second kappa shape index (κ2) is 8.22. The molecule has 0 radical (unpaired) electrons. The molecule has 0 fully saturated rings. The van der Waals surface area contributed by atoms with Crippen LogP contribution in [-0.4, -0.2) is 31.9 Å². The first-order valence-electron chi connectivity index (χ1n) is 9.38. The number of hydrogen-bond acceptors (Lipinski definition) is 7. The summed E-state index contributed by atoms with van der Waals surface area (Å²) in [6, 6.07) is 8.26. The highest BCUT2D eigenvalue weighted by atomic mass is 32.1. The van der Waals surface area contributed by atoms with E-state index in [0.29, 0.717) is 16.9 Å². The number of pyridine rings is 1. The van der Waals surface area contributed by atoms with Gasteiger partial charge in [0.2, 0.25) is 0 Å². The summed E-state index contributed by atoms with van der Waals surface area (Å²) >= 11 is 0.585. The van der Waals surface area contributed by atoms with Crippen LogP contribution in [0.3, 0.4) is 0 Å². The molecule has 0 aliphatic carbocycles. The quantitative estimate of drug-likeness (QED) is 0.280. The molecule has 4 aromatic rings. The van der Waals surface area contributed by atoms with Crippen LogP contribution in [0.2, 0.25) is 0 Å². The van der Waals surface area contributed by atoms with E-state index in [9.17, 15) is 32.9 Å². The van der Waals surface area contributed by atoms with Crippen LogP contribution in [0.15, 0.2) is 36.4 Å². The van der Waals surface area contributed by atoms with Crippen molar-refractivity contribution in [3.8, 4) is 11.1 Å². The number of amides is 2. The summed E-state index contributed by atoms with van der Waals surface area (Å²) < 4.78 is 40.7. The van der Waals surface area contributed by atoms with Crippen molar-refractivity contribution in [1.82, 2.24) is 15.2 Å². The van der Waals surface area contributed by atoms with Gasteiger partial charge in [0, 0.05) is 5.39 Å². The number of aromatic amines is 1. The van der Waals surface area contributed by atoms with Crippen LogP contribution in [0.25, 0.3) is 21.3 Å². The van der Waals surface area contributed by atoms with Crippen molar-refractivity contribution in [3.05, 3.63) is 68.3 Å². The zero-order chi connectivity index (χ0) is 24.8. The van der Waals surface area contributed by atoms with Crippen LogP contribution in [0.4, 0.5) is 24.7 Å². The Bertz CT molecular complexity index is 1460. The highest BCUT2D eigenvalue weighted by molar-refractivity contribution is 7.21. The molecule has 4 N–H and O–H groups in total. The minimum atomic E-state index is -4.78. The molecule has 0 atom stereocenters. The number of hydrogen-bond donors (Lipinski definition) is 3. The summed E-state index contributed by atoms with van der Waals surface area (Å²) in [5.74, 6) is -2.50. The topological polar surface area (TPSA) is 157 Å². The molecule has 0 unspecified atom stereocenters. The second-order valence-electron chi connectivity index (χ2n) is 7.12. The molecule has 0 saturated carbocycles. The molecular weight excluding hydrogens is 477 g/mol. The number of aryl methyl sites for hydroxylation is 1. The van der Waals surface area contributed by atoms with Crippen molar-refractivity contribution in [2.45, 2.75) is 13.1 Å². The highest BCUT2D eigenvalue weighted by Gasteiger charge is 2.35. The van der Waals surface area contributed by atoms with Crippen LogP contribution >= 0.6 is 11.3 Å². The lowest BCUT2D eigenvalue weighted by molar-refractivity contribution is -0.389. The number of benzene rings is 1. The molecule has 10 nitrogen and oxygen atoms in total. The first kappa shape index (κ1) is 22.8. The summed E-state index contributed by atoms with van der Waals surface area (Å²) in [5.41, 5.74) is 5.00. The molecule has 174 valence electrons. The van der Waals surface area contributed by atoms with Crippen LogP contribution in [0, 0.1) is 17.0 Å². The van der Waals surface area contributed by atoms with E-state index in [-0.39, 0.29) is 32.0 Å². The number of carbonyl (C=O) groups excluding carboxylic acids is 2. The molecule has 0 aliphatic heterocycles. The predicted octanol–water partition coefficient (Wildman–Crippen LogP) is 4.27. The average Bonchev–Trinajstić information content (AvgIpc) is 3.39. The van der Waals surface area contributed by atoms with E-state index in [1.165, 1.54) is 0 Å². The number of aromatic nitrogens is 3.